The van der Waals surface area contributed by atoms with E-state index in [1.165, 1.54) is 0 Å². The molecule has 0 fully saturated rings. The maximum atomic E-state index is 11.7. The molecule has 4 heteroatoms. The van der Waals surface area contributed by atoms with Gasteiger partial charge in [0.25, 0.3) is 0 Å². The smallest absolute Gasteiger partial charge is 0.233 e. The Morgan fingerprint density at radius 2 is 1.82 bits per heavy atom. The number of rotatable bonds is 5. The number of para-hydroxylation sites is 1. The van der Waals surface area contributed by atoms with Gasteiger partial charge in [-0.05, 0) is 18.6 Å². The van der Waals surface area contributed by atoms with Crippen LogP contribution in [0.5, 0.6) is 0 Å². The number of benzene rings is 2. The standard InChI is InChI=1S/C18H19N3O/c1-2-19-16(22)12-20-18-14-10-6-7-11-15(14)21-17(18)13-8-4-3-5-9-13/h3-11,18,20H,2,12H2,1H3,(H,19,22). The number of likely N-dealkylation sites (N-methyl/N-ethyl adjacent to an activating group) is 1. The summed E-state index contributed by atoms with van der Waals surface area (Å²) < 4.78 is 0. The molecule has 22 heavy (non-hydrogen) atoms. The van der Waals surface area contributed by atoms with Crippen molar-refractivity contribution < 1.29 is 4.79 Å². The highest BCUT2D eigenvalue weighted by atomic mass is 16.1. The normalized spacial score (nSPS) is 16.0. The zero-order valence-corrected chi connectivity index (χ0v) is 12.5. The highest BCUT2D eigenvalue weighted by molar-refractivity contribution is 6.09. The highest BCUT2D eigenvalue weighted by Gasteiger charge is 2.27. The van der Waals surface area contributed by atoms with Crippen molar-refractivity contribution in [1.82, 2.24) is 10.6 Å². The molecule has 1 heterocycles. The molecular weight excluding hydrogens is 274 g/mol. The van der Waals surface area contributed by atoms with Gasteiger partial charge < -0.3 is 5.32 Å². The molecule has 1 amide bonds. The third kappa shape index (κ3) is 2.92. The van der Waals surface area contributed by atoms with Crippen LogP contribution < -0.4 is 10.6 Å². The van der Waals surface area contributed by atoms with Crippen molar-refractivity contribution in [3.8, 4) is 0 Å². The Hall–Kier alpha value is -2.46. The lowest BCUT2D eigenvalue weighted by Crippen LogP contribution is -2.37. The zero-order valence-electron chi connectivity index (χ0n) is 12.5. The Bertz CT molecular complexity index is 694. The molecular formula is C18H19N3O. The topological polar surface area (TPSA) is 53.5 Å². The van der Waals surface area contributed by atoms with E-state index < -0.39 is 0 Å². The predicted molar refractivity (Wildman–Crippen MR) is 88.5 cm³/mol. The van der Waals surface area contributed by atoms with E-state index in [0.29, 0.717) is 6.54 Å². The molecule has 4 nitrogen and oxygen atoms in total. The van der Waals surface area contributed by atoms with E-state index in [0.717, 1.165) is 22.5 Å². The third-order valence-electron chi connectivity index (χ3n) is 3.67. The van der Waals surface area contributed by atoms with Crippen LogP contribution in [0, 0.1) is 0 Å². The summed E-state index contributed by atoms with van der Waals surface area (Å²) >= 11 is 0. The molecule has 0 aromatic heterocycles. The summed E-state index contributed by atoms with van der Waals surface area (Å²) in [6, 6.07) is 18.1. The van der Waals surface area contributed by atoms with Crippen LogP contribution in [0.4, 0.5) is 5.69 Å². The Morgan fingerprint density at radius 1 is 1.09 bits per heavy atom. The summed E-state index contributed by atoms with van der Waals surface area (Å²) in [7, 11) is 0. The maximum absolute atomic E-state index is 11.7. The first-order valence-corrected chi connectivity index (χ1v) is 7.52. The summed E-state index contributed by atoms with van der Waals surface area (Å²) in [5, 5.41) is 6.13. The third-order valence-corrected chi connectivity index (χ3v) is 3.67. The fourth-order valence-electron chi connectivity index (χ4n) is 2.68. The van der Waals surface area contributed by atoms with Gasteiger partial charge in [0.05, 0.1) is 24.0 Å². The first-order valence-electron chi connectivity index (χ1n) is 7.52. The monoisotopic (exact) mass is 293 g/mol. The molecule has 0 spiro atoms. The molecule has 0 bridgehead atoms. The van der Waals surface area contributed by atoms with Gasteiger partial charge in [-0.1, -0.05) is 48.5 Å². The average molecular weight is 293 g/mol. The second-order valence-electron chi connectivity index (χ2n) is 5.19. The van der Waals surface area contributed by atoms with Crippen molar-refractivity contribution in [3.63, 3.8) is 0 Å². The van der Waals surface area contributed by atoms with Crippen LogP contribution in [-0.4, -0.2) is 24.7 Å². The second kappa shape index (κ2) is 6.54. The number of nitrogens with one attached hydrogen (secondary N) is 2. The largest absolute Gasteiger partial charge is 0.355 e. The van der Waals surface area contributed by atoms with Crippen LogP contribution in [0.15, 0.2) is 59.6 Å². The van der Waals surface area contributed by atoms with E-state index in [1.54, 1.807) is 0 Å². The van der Waals surface area contributed by atoms with E-state index in [4.69, 9.17) is 4.99 Å². The van der Waals surface area contributed by atoms with Crippen molar-refractivity contribution in [1.29, 1.82) is 0 Å². The van der Waals surface area contributed by atoms with Gasteiger partial charge in [-0.2, -0.15) is 0 Å². The number of fused-ring (bicyclic) bond motifs is 1. The van der Waals surface area contributed by atoms with E-state index in [9.17, 15) is 4.79 Å². The van der Waals surface area contributed by atoms with Gasteiger partial charge in [0.1, 0.15) is 0 Å². The first-order chi connectivity index (χ1) is 10.8. The van der Waals surface area contributed by atoms with E-state index in [2.05, 4.69) is 16.7 Å². The summed E-state index contributed by atoms with van der Waals surface area (Å²) in [6.07, 6.45) is 0. The molecule has 0 aliphatic carbocycles. The van der Waals surface area contributed by atoms with Gasteiger partial charge in [-0.15, -0.1) is 0 Å². The van der Waals surface area contributed by atoms with E-state index in [1.807, 2.05) is 55.5 Å². The molecule has 2 N–H and O–H groups in total. The van der Waals surface area contributed by atoms with Gasteiger partial charge in [-0.25, -0.2) is 0 Å². The lowest BCUT2D eigenvalue weighted by Gasteiger charge is -2.16. The number of hydrogen-bond acceptors (Lipinski definition) is 3. The molecule has 0 saturated carbocycles. The first kappa shape index (κ1) is 14.5. The van der Waals surface area contributed by atoms with E-state index >= 15 is 0 Å². The van der Waals surface area contributed by atoms with Gasteiger partial charge in [-0.3, -0.25) is 15.1 Å². The predicted octanol–water partition coefficient (Wildman–Crippen LogP) is 2.59. The number of amides is 1. The molecule has 3 rings (SSSR count). The zero-order chi connectivity index (χ0) is 15.4. The van der Waals surface area contributed by atoms with Crippen LogP contribution in [0.25, 0.3) is 0 Å². The molecule has 112 valence electrons. The van der Waals surface area contributed by atoms with Crippen LogP contribution in [0.2, 0.25) is 0 Å². The van der Waals surface area contributed by atoms with Gasteiger partial charge >= 0.3 is 0 Å². The summed E-state index contributed by atoms with van der Waals surface area (Å²) in [5.41, 5.74) is 4.12. The minimum absolute atomic E-state index is 0.000655. The second-order valence-corrected chi connectivity index (χ2v) is 5.19. The quantitative estimate of drug-likeness (QED) is 0.890. The van der Waals surface area contributed by atoms with Crippen LogP contribution in [0.3, 0.4) is 0 Å². The minimum atomic E-state index is -0.0544. The number of hydrogen-bond donors (Lipinski definition) is 2. The Morgan fingerprint density at radius 3 is 2.59 bits per heavy atom. The lowest BCUT2D eigenvalue weighted by molar-refractivity contribution is -0.120. The van der Waals surface area contributed by atoms with Crippen molar-refractivity contribution >= 4 is 17.3 Å². The molecule has 1 aliphatic heterocycles. The Kier molecular flexibility index (Phi) is 4.30. The van der Waals surface area contributed by atoms with Crippen molar-refractivity contribution in [2.45, 2.75) is 13.0 Å². The van der Waals surface area contributed by atoms with Gasteiger partial charge in [0, 0.05) is 12.1 Å². The van der Waals surface area contributed by atoms with E-state index in [-0.39, 0.29) is 18.5 Å². The number of carbonyl (C=O) groups excluding carboxylic acids is 1. The van der Waals surface area contributed by atoms with Crippen LogP contribution in [0.1, 0.15) is 24.1 Å². The Balaban J connectivity index is 1.87. The SMILES string of the molecule is CCNC(=O)CNC1C(c2ccccc2)=Nc2ccccc21. The van der Waals surface area contributed by atoms with Gasteiger partial charge in [0.15, 0.2) is 0 Å². The van der Waals surface area contributed by atoms with Gasteiger partial charge in [0.2, 0.25) is 5.91 Å². The number of carbonyl (C=O) groups is 1. The molecule has 0 radical (unpaired) electrons. The fourth-order valence-corrected chi connectivity index (χ4v) is 2.68. The van der Waals surface area contributed by atoms with Crippen molar-refractivity contribution in [2.24, 2.45) is 4.99 Å². The molecule has 0 saturated heterocycles. The molecule has 2 aromatic rings. The highest BCUT2D eigenvalue weighted by Crippen LogP contribution is 2.35. The van der Waals surface area contributed by atoms with Crippen LogP contribution >= 0.6 is 0 Å². The summed E-state index contributed by atoms with van der Waals surface area (Å²) in [6.45, 7) is 2.83. The number of aliphatic imine (C=N–C) groups is 1. The molecule has 1 aliphatic rings. The van der Waals surface area contributed by atoms with Crippen LogP contribution in [-0.2, 0) is 4.79 Å². The molecule has 1 unspecified atom stereocenters. The Labute approximate surface area is 130 Å². The average Bonchev–Trinajstić information content (AvgIpc) is 2.93. The van der Waals surface area contributed by atoms with Crippen molar-refractivity contribution in [3.05, 3.63) is 65.7 Å². The summed E-state index contributed by atoms with van der Waals surface area (Å²) in [4.78, 5) is 16.5. The fraction of sp³-hybridized carbons (Fsp3) is 0.222. The molecule has 2 aromatic carbocycles. The minimum Gasteiger partial charge on any atom is -0.355 e. The van der Waals surface area contributed by atoms with Crippen molar-refractivity contribution in [2.75, 3.05) is 13.1 Å². The molecule has 1 atom stereocenters. The lowest BCUT2D eigenvalue weighted by atomic mass is 9.98. The summed E-state index contributed by atoms with van der Waals surface area (Å²) in [5.74, 6) is -0.000655. The maximum Gasteiger partial charge on any atom is 0.233 e. The number of nitrogens with zero attached hydrogens (tertiary/aromatic N) is 1.